The maximum Gasteiger partial charge on any atom is 0.326 e. The molecule has 0 saturated heterocycles. The smallest absolute Gasteiger partial charge is 0.326 e. The van der Waals surface area contributed by atoms with Gasteiger partial charge in [0, 0.05) is 17.4 Å². The van der Waals surface area contributed by atoms with Crippen LogP contribution in [0, 0.1) is 5.92 Å². The minimum absolute atomic E-state index is 0.0377. The second kappa shape index (κ2) is 8.04. The highest BCUT2D eigenvalue weighted by Gasteiger charge is 2.46. The number of nitrogens with one attached hydrogen (secondary N) is 1. The maximum absolute atomic E-state index is 12.4. The highest BCUT2D eigenvalue weighted by Crippen LogP contribution is 2.51. The average molecular weight is 335 g/mol. The Labute approximate surface area is 142 Å². The van der Waals surface area contributed by atoms with Crippen LogP contribution in [0.25, 0.3) is 0 Å². The van der Waals surface area contributed by atoms with Crippen LogP contribution in [-0.4, -0.2) is 37.2 Å². The minimum Gasteiger partial charge on any atom is -0.497 e. The molecule has 6 heteroatoms. The number of carboxylic acid groups (broad SMARTS) is 1. The molecule has 0 bridgehead atoms. The van der Waals surface area contributed by atoms with Crippen LogP contribution in [0.5, 0.6) is 11.5 Å². The van der Waals surface area contributed by atoms with Gasteiger partial charge < -0.3 is 19.9 Å². The molecular formula is C18H25NO5. The third-order valence-electron chi connectivity index (χ3n) is 4.42. The van der Waals surface area contributed by atoms with Crippen LogP contribution in [0.1, 0.15) is 44.1 Å². The largest absolute Gasteiger partial charge is 0.497 e. The molecular weight excluding hydrogens is 310 g/mol. The maximum atomic E-state index is 12.4. The number of carbonyl (C=O) groups excluding carboxylic acids is 1. The topological polar surface area (TPSA) is 84.9 Å². The summed E-state index contributed by atoms with van der Waals surface area (Å²) in [4.78, 5) is 23.6. The van der Waals surface area contributed by atoms with Crippen molar-refractivity contribution in [2.24, 2.45) is 5.92 Å². The lowest BCUT2D eigenvalue weighted by Crippen LogP contribution is -2.41. The first-order chi connectivity index (χ1) is 11.5. The number of ether oxygens (including phenoxy) is 2. The van der Waals surface area contributed by atoms with Crippen molar-refractivity contribution in [2.75, 3.05) is 14.2 Å². The average Bonchev–Trinajstić information content (AvgIpc) is 3.38. The van der Waals surface area contributed by atoms with E-state index in [1.165, 1.54) is 0 Å². The van der Waals surface area contributed by atoms with Gasteiger partial charge in [0.25, 0.3) is 0 Å². The van der Waals surface area contributed by atoms with Crippen molar-refractivity contribution in [1.82, 2.24) is 5.32 Å². The lowest BCUT2D eigenvalue weighted by atomic mass is 10.1. The number of aliphatic carboxylic acids is 1. The first-order valence-corrected chi connectivity index (χ1v) is 8.26. The zero-order chi connectivity index (χ0) is 17.7. The molecule has 3 atom stereocenters. The van der Waals surface area contributed by atoms with Crippen molar-refractivity contribution in [2.45, 2.75) is 44.6 Å². The van der Waals surface area contributed by atoms with E-state index in [0.29, 0.717) is 18.6 Å². The van der Waals surface area contributed by atoms with Crippen molar-refractivity contribution in [3.8, 4) is 11.5 Å². The van der Waals surface area contributed by atoms with E-state index in [1.807, 2.05) is 25.1 Å². The first kappa shape index (κ1) is 18.1. The molecule has 132 valence electrons. The van der Waals surface area contributed by atoms with Crippen LogP contribution in [-0.2, 0) is 9.59 Å². The van der Waals surface area contributed by atoms with Crippen LogP contribution in [0.4, 0.5) is 0 Å². The summed E-state index contributed by atoms with van der Waals surface area (Å²) in [6.07, 6.45) is 2.81. The van der Waals surface area contributed by atoms with Crippen LogP contribution in [0.15, 0.2) is 18.2 Å². The number of hydrogen-bond acceptors (Lipinski definition) is 4. The predicted molar refractivity (Wildman–Crippen MR) is 89.5 cm³/mol. The molecule has 1 aliphatic carbocycles. The highest BCUT2D eigenvalue weighted by molar-refractivity contribution is 5.87. The Bertz CT molecular complexity index is 601. The second-order valence-corrected chi connectivity index (χ2v) is 6.10. The summed E-state index contributed by atoms with van der Waals surface area (Å²) in [5.41, 5.74) is 0.928. The van der Waals surface area contributed by atoms with Crippen molar-refractivity contribution >= 4 is 11.9 Å². The lowest BCUT2D eigenvalue weighted by Gasteiger charge is -2.14. The molecule has 24 heavy (non-hydrogen) atoms. The molecule has 0 aromatic heterocycles. The fourth-order valence-corrected chi connectivity index (χ4v) is 2.90. The van der Waals surface area contributed by atoms with E-state index in [2.05, 4.69) is 5.32 Å². The molecule has 0 heterocycles. The van der Waals surface area contributed by atoms with Gasteiger partial charge >= 0.3 is 5.97 Å². The Morgan fingerprint density at radius 2 is 2.08 bits per heavy atom. The monoisotopic (exact) mass is 335 g/mol. The molecule has 1 aromatic carbocycles. The molecule has 1 saturated carbocycles. The molecule has 3 unspecified atom stereocenters. The van der Waals surface area contributed by atoms with Gasteiger partial charge in [-0.25, -0.2) is 4.79 Å². The lowest BCUT2D eigenvalue weighted by molar-refractivity contribution is -0.142. The van der Waals surface area contributed by atoms with Crippen molar-refractivity contribution in [3.63, 3.8) is 0 Å². The van der Waals surface area contributed by atoms with Crippen molar-refractivity contribution in [3.05, 3.63) is 23.8 Å². The minimum atomic E-state index is -0.979. The Kier molecular flexibility index (Phi) is 6.06. The predicted octanol–water partition coefficient (Wildman–Crippen LogP) is 2.57. The Morgan fingerprint density at radius 1 is 1.33 bits per heavy atom. The van der Waals surface area contributed by atoms with Crippen molar-refractivity contribution in [1.29, 1.82) is 0 Å². The van der Waals surface area contributed by atoms with Gasteiger partial charge in [0.15, 0.2) is 0 Å². The summed E-state index contributed by atoms with van der Waals surface area (Å²) in [5.74, 6) is 0.0755. The van der Waals surface area contributed by atoms with Gasteiger partial charge in [0.05, 0.1) is 14.2 Å². The third-order valence-corrected chi connectivity index (χ3v) is 4.42. The fraction of sp³-hybridized carbons (Fsp3) is 0.556. The molecule has 1 aliphatic rings. The van der Waals surface area contributed by atoms with E-state index >= 15 is 0 Å². The van der Waals surface area contributed by atoms with Gasteiger partial charge in [-0.1, -0.05) is 19.8 Å². The van der Waals surface area contributed by atoms with Gasteiger partial charge in [-0.2, -0.15) is 0 Å². The summed E-state index contributed by atoms with van der Waals surface area (Å²) < 4.78 is 10.6. The molecule has 0 aliphatic heterocycles. The SMILES string of the molecule is CCCCC(NC(=O)C1CC1c1cc(OC)ccc1OC)C(=O)O. The summed E-state index contributed by atoms with van der Waals surface area (Å²) in [7, 11) is 3.18. The molecule has 1 amide bonds. The number of rotatable bonds is 9. The van der Waals surface area contributed by atoms with E-state index in [4.69, 9.17) is 9.47 Å². The summed E-state index contributed by atoms with van der Waals surface area (Å²) in [6.45, 7) is 1.99. The molecule has 1 fully saturated rings. The first-order valence-electron chi connectivity index (χ1n) is 8.26. The quantitative estimate of drug-likeness (QED) is 0.724. The van der Waals surface area contributed by atoms with Crippen LogP contribution >= 0.6 is 0 Å². The zero-order valence-electron chi connectivity index (χ0n) is 14.4. The van der Waals surface area contributed by atoms with Crippen LogP contribution in [0.2, 0.25) is 0 Å². The number of methoxy groups -OCH3 is 2. The fourth-order valence-electron chi connectivity index (χ4n) is 2.90. The Balaban J connectivity index is 2.03. The molecule has 0 spiro atoms. The molecule has 1 aromatic rings. The second-order valence-electron chi connectivity index (χ2n) is 6.10. The molecule has 6 nitrogen and oxygen atoms in total. The number of hydrogen-bond donors (Lipinski definition) is 2. The highest BCUT2D eigenvalue weighted by atomic mass is 16.5. The number of benzene rings is 1. The number of unbranched alkanes of at least 4 members (excludes halogenated alkanes) is 1. The molecule has 2 N–H and O–H groups in total. The number of carbonyl (C=O) groups is 2. The van der Waals surface area contributed by atoms with E-state index in [1.54, 1.807) is 14.2 Å². The zero-order valence-corrected chi connectivity index (χ0v) is 14.4. The Morgan fingerprint density at radius 3 is 2.67 bits per heavy atom. The van der Waals surface area contributed by atoms with E-state index in [9.17, 15) is 14.7 Å². The van der Waals surface area contributed by atoms with Gasteiger partial charge in [0.2, 0.25) is 5.91 Å². The molecule has 2 rings (SSSR count). The van der Waals surface area contributed by atoms with Gasteiger partial charge in [0.1, 0.15) is 17.5 Å². The van der Waals surface area contributed by atoms with E-state index < -0.39 is 12.0 Å². The third kappa shape index (κ3) is 4.19. The van der Waals surface area contributed by atoms with E-state index in [0.717, 1.165) is 24.2 Å². The normalized spacial score (nSPS) is 20.1. The van der Waals surface area contributed by atoms with E-state index in [-0.39, 0.29) is 17.7 Å². The van der Waals surface area contributed by atoms with Gasteiger partial charge in [-0.3, -0.25) is 4.79 Å². The number of amides is 1. The van der Waals surface area contributed by atoms with Crippen LogP contribution < -0.4 is 14.8 Å². The standard InChI is InChI=1S/C18H25NO5/c1-4-5-6-15(18(21)22)19-17(20)14-10-12(14)13-9-11(23-2)7-8-16(13)24-3/h7-9,12,14-15H,4-6,10H2,1-3H3,(H,19,20)(H,21,22). The van der Waals surface area contributed by atoms with Gasteiger partial charge in [-0.05, 0) is 31.0 Å². The van der Waals surface area contributed by atoms with Crippen molar-refractivity contribution < 1.29 is 24.2 Å². The summed E-state index contributed by atoms with van der Waals surface area (Å²) in [6, 6.07) is 4.70. The van der Waals surface area contributed by atoms with Crippen LogP contribution in [0.3, 0.4) is 0 Å². The Hall–Kier alpha value is -2.24. The summed E-state index contributed by atoms with van der Waals surface area (Å²) in [5, 5.41) is 11.9. The summed E-state index contributed by atoms with van der Waals surface area (Å²) >= 11 is 0. The number of carboxylic acids is 1. The molecule has 0 radical (unpaired) electrons. The van der Waals surface area contributed by atoms with Gasteiger partial charge in [-0.15, -0.1) is 0 Å².